The summed E-state index contributed by atoms with van der Waals surface area (Å²) < 4.78 is 5.91. The molecule has 0 bridgehead atoms. The van der Waals surface area contributed by atoms with Crippen LogP contribution >= 0.6 is 35.0 Å². The van der Waals surface area contributed by atoms with Crippen molar-refractivity contribution in [3.05, 3.63) is 82.0 Å². The zero-order valence-electron chi connectivity index (χ0n) is 17.8. The molecule has 8 heteroatoms. The fraction of sp³-hybridized carbons (Fsp3) is 0.250. The second-order valence-corrected chi connectivity index (χ2v) is 9.08. The van der Waals surface area contributed by atoms with Gasteiger partial charge in [0.25, 0.3) is 5.91 Å². The van der Waals surface area contributed by atoms with Crippen molar-refractivity contribution < 1.29 is 14.0 Å². The topological polar surface area (TPSA) is 62.6 Å². The molecule has 5 nitrogen and oxygen atoms in total. The smallest absolute Gasteiger partial charge is 0.253 e. The van der Waals surface area contributed by atoms with Crippen molar-refractivity contribution in [1.29, 1.82) is 0 Å². The van der Waals surface area contributed by atoms with E-state index in [1.54, 1.807) is 60.1 Å². The monoisotopic (exact) mass is 490 g/mol. The predicted molar refractivity (Wildman–Crippen MR) is 131 cm³/mol. The van der Waals surface area contributed by atoms with Crippen LogP contribution in [0.4, 0.5) is 0 Å². The molecular weight excluding hydrogens is 467 g/mol. The maximum Gasteiger partial charge on any atom is 0.253 e. The number of hydrogen-bond donors (Lipinski definition) is 1. The van der Waals surface area contributed by atoms with Crippen LogP contribution in [0.2, 0.25) is 10.0 Å². The van der Waals surface area contributed by atoms with Gasteiger partial charge in [-0.05, 0) is 67.0 Å². The molecule has 0 aliphatic carbocycles. The molecule has 3 rings (SSSR count). The summed E-state index contributed by atoms with van der Waals surface area (Å²) in [6.45, 7) is 0.282. The SMILES string of the molecule is CSCCC(NC(=O)c1ccccc1Cl)C(=O)N(C)Cc1ccc(-c2ccc(Cl)cc2)o1. The van der Waals surface area contributed by atoms with Crippen LogP contribution < -0.4 is 5.32 Å². The lowest BCUT2D eigenvalue weighted by Gasteiger charge is -2.24. The van der Waals surface area contributed by atoms with Gasteiger partial charge in [0.15, 0.2) is 0 Å². The largest absolute Gasteiger partial charge is 0.459 e. The third kappa shape index (κ3) is 6.31. The van der Waals surface area contributed by atoms with Crippen LogP contribution in [0, 0.1) is 0 Å². The molecule has 2 aromatic carbocycles. The molecule has 0 saturated heterocycles. The van der Waals surface area contributed by atoms with Gasteiger partial charge in [-0.1, -0.05) is 35.3 Å². The molecule has 0 radical (unpaired) electrons. The molecule has 1 unspecified atom stereocenters. The number of hydrogen-bond acceptors (Lipinski definition) is 4. The summed E-state index contributed by atoms with van der Waals surface area (Å²) in [5.74, 6) is 1.51. The Balaban J connectivity index is 1.68. The van der Waals surface area contributed by atoms with Crippen molar-refractivity contribution in [3.8, 4) is 11.3 Å². The summed E-state index contributed by atoms with van der Waals surface area (Å²) in [7, 11) is 1.69. The average Bonchev–Trinajstić information content (AvgIpc) is 3.25. The van der Waals surface area contributed by atoms with E-state index in [0.717, 1.165) is 11.3 Å². The Morgan fingerprint density at radius 1 is 1.06 bits per heavy atom. The maximum absolute atomic E-state index is 13.1. The van der Waals surface area contributed by atoms with E-state index in [1.807, 2.05) is 30.5 Å². The first-order valence-corrected chi connectivity index (χ1v) is 12.2. The van der Waals surface area contributed by atoms with Crippen molar-refractivity contribution in [3.63, 3.8) is 0 Å². The van der Waals surface area contributed by atoms with E-state index in [-0.39, 0.29) is 18.4 Å². The normalized spacial score (nSPS) is 11.8. The summed E-state index contributed by atoms with van der Waals surface area (Å²) in [5.41, 5.74) is 1.25. The van der Waals surface area contributed by atoms with Crippen molar-refractivity contribution in [2.45, 2.75) is 19.0 Å². The number of benzene rings is 2. The summed E-state index contributed by atoms with van der Waals surface area (Å²) in [6, 6.07) is 17.2. The lowest BCUT2D eigenvalue weighted by molar-refractivity contribution is -0.132. The number of nitrogens with zero attached hydrogens (tertiary/aromatic N) is 1. The third-order valence-electron chi connectivity index (χ3n) is 4.89. The molecule has 1 N–H and O–H groups in total. The molecule has 168 valence electrons. The fourth-order valence-electron chi connectivity index (χ4n) is 3.18. The number of rotatable bonds is 9. The summed E-state index contributed by atoms with van der Waals surface area (Å²) in [5, 5.41) is 3.84. The van der Waals surface area contributed by atoms with Crippen LogP contribution in [0.3, 0.4) is 0 Å². The first-order chi connectivity index (χ1) is 15.4. The van der Waals surface area contributed by atoms with Crippen molar-refractivity contribution in [1.82, 2.24) is 10.2 Å². The molecule has 1 atom stereocenters. The Kier molecular flexibility index (Phi) is 8.67. The molecule has 32 heavy (non-hydrogen) atoms. The van der Waals surface area contributed by atoms with Gasteiger partial charge in [0.1, 0.15) is 17.6 Å². The summed E-state index contributed by atoms with van der Waals surface area (Å²) >= 11 is 13.7. The van der Waals surface area contributed by atoms with Gasteiger partial charge in [0.2, 0.25) is 5.91 Å². The molecule has 0 saturated carbocycles. The number of halogens is 2. The number of furan rings is 1. The van der Waals surface area contributed by atoms with E-state index < -0.39 is 6.04 Å². The lowest BCUT2D eigenvalue weighted by Crippen LogP contribution is -2.47. The van der Waals surface area contributed by atoms with Gasteiger partial charge >= 0.3 is 0 Å². The second kappa shape index (κ2) is 11.5. The number of nitrogens with one attached hydrogen (secondary N) is 1. The Hall–Kier alpha value is -2.41. The van der Waals surface area contributed by atoms with Crippen LogP contribution in [-0.4, -0.2) is 41.8 Å². The molecule has 3 aromatic rings. The third-order valence-corrected chi connectivity index (χ3v) is 6.12. The molecular formula is C24H24Cl2N2O3S. The summed E-state index contributed by atoms with van der Waals surface area (Å²) in [6.07, 6.45) is 2.47. The van der Waals surface area contributed by atoms with Gasteiger partial charge in [-0.15, -0.1) is 0 Å². The molecule has 2 amide bonds. The highest BCUT2D eigenvalue weighted by Gasteiger charge is 2.25. The Morgan fingerprint density at radius 2 is 1.78 bits per heavy atom. The standard InChI is InChI=1S/C24H24Cl2N2O3S/c1-28(15-18-11-12-22(31-18)16-7-9-17(25)10-8-16)24(30)21(13-14-32-2)27-23(29)19-5-3-4-6-20(19)26/h3-12,21H,13-15H2,1-2H3,(H,27,29). The number of amides is 2. The second-order valence-electron chi connectivity index (χ2n) is 7.25. The highest BCUT2D eigenvalue weighted by atomic mass is 35.5. The molecule has 1 heterocycles. The number of likely N-dealkylation sites (N-methyl/N-ethyl adjacent to an activating group) is 1. The van der Waals surface area contributed by atoms with Gasteiger partial charge in [0.05, 0.1) is 17.1 Å². The Morgan fingerprint density at radius 3 is 2.47 bits per heavy atom. The van der Waals surface area contributed by atoms with Crippen molar-refractivity contribution in [2.24, 2.45) is 0 Å². The van der Waals surface area contributed by atoms with E-state index in [2.05, 4.69) is 5.32 Å². The van der Waals surface area contributed by atoms with Gasteiger partial charge in [-0.3, -0.25) is 9.59 Å². The average molecular weight is 491 g/mol. The first-order valence-electron chi connectivity index (χ1n) is 10.0. The maximum atomic E-state index is 13.1. The zero-order chi connectivity index (χ0) is 23.1. The van der Waals surface area contributed by atoms with Crippen LogP contribution in [0.25, 0.3) is 11.3 Å². The van der Waals surface area contributed by atoms with E-state index in [9.17, 15) is 9.59 Å². The highest BCUT2D eigenvalue weighted by molar-refractivity contribution is 7.98. The minimum atomic E-state index is -0.665. The lowest BCUT2D eigenvalue weighted by atomic mass is 10.1. The van der Waals surface area contributed by atoms with Crippen LogP contribution in [0.15, 0.2) is 65.1 Å². The van der Waals surface area contributed by atoms with E-state index in [1.165, 1.54) is 0 Å². The van der Waals surface area contributed by atoms with Crippen molar-refractivity contribution >= 4 is 46.8 Å². The van der Waals surface area contributed by atoms with Gasteiger partial charge < -0.3 is 14.6 Å². The van der Waals surface area contributed by atoms with Gasteiger partial charge in [-0.25, -0.2) is 0 Å². The number of thioether (sulfide) groups is 1. The van der Waals surface area contributed by atoms with Gasteiger partial charge in [-0.2, -0.15) is 11.8 Å². The number of carbonyl (C=O) groups is 2. The quantitative estimate of drug-likeness (QED) is 0.413. The zero-order valence-corrected chi connectivity index (χ0v) is 20.1. The number of carbonyl (C=O) groups excluding carboxylic acids is 2. The van der Waals surface area contributed by atoms with Crippen LogP contribution in [0.5, 0.6) is 0 Å². The molecule has 0 fully saturated rings. The van der Waals surface area contributed by atoms with Crippen LogP contribution in [-0.2, 0) is 11.3 Å². The minimum absolute atomic E-state index is 0.191. The highest BCUT2D eigenvalue weighted by Crippen LogP contribution is 2.24. The molecule has 0 aliphatic rings. The fourth-order valence-corrected chi connectivity index (χ4v) is 4.00. The first kappa shape index (κ1) is 24.2. The van der Waals surface area contributed by atoms with Crippen LogP contribution in [0.1, 0.15) is 22.5 Å². The Bertz CT molecular complexity index is 1070. The molecule has 0 aliphatic heterocycles. The van der Waals surface area contributed by atoms with Gasteiger partial charge in [0, 0.05) is 17.6 Å². The molecule has 0 spiro atoms. The van der Waals surface area contributed by atoms with E-state index in [0.29, 0.717) is 33.6 Å². The van der Waals surface area contributed by atoms with Crippen molar-refractivity contribution in [2.75, 3.05) is 19.1 Å². The van der Waals surface area contributed by atoms with E-state index >= 15 is 0 Å². The minimum Gasteiger partial charge on any atom is -0.459 e. The summed E-state index contributed by atoms with van der Waals surface area (Å²) in [4.78, 5) is 27.4. The Labute approximate surface area is 202 Å². The van der Waals surface area contributed by atoms with E-state index in [4.69, 9.17) is 27.6 Å². The predicted octanol–water partition coefficient (Wildman–Crippen LogP) is 5.76. The molecule has 1 aromatic heterocycles.